The van der Waals surface area contributed by atoms with Crippen molar-refractivity contribution in [3.05, 3.63) is 34.4 Å². The Hall–Kier alpha value is -1.88. The molecule has 0 radical (unpaired) electrons. The van der Waals surface area contributed by atoms with E-state index in [2.05, 4.69) is 0 Å². The van der Waals surface area contributed by atoms with E-state index in [1.54, 1.807) is 0 Å². The Kier molecular flexibility index (Phi) is 4.32. The Morgan fingerprint density at radius 1 is 1.24 bits per heavy atom. The lowest BCUT2D eigenvalue weighted by Crippen LogP contribution is -2.34. The number of aryl methyl sites for hydroxylation is 3. The monoisotopic (exact) mass is 291 g/mol. The van der Waals surface area contributed by atoms with Crippen LogP contribution >= 0.6 is 0 Å². The fourth-order valence-corrected chi connectivity index (χ4v) is 2.78. The molecule has 1 aliphatic heterocycles. The van der Waals surface area contributed by atoms with Crippen LogP contribution in [0.2, 0.25) is 0 Å². The van der Waals surface area contributed by atoms with E-state index in [-0.39, 0.29) is 11.9 Å². The summed E-state index contributed by atoms with van der Waals surface area (Å²) in [6.07, 6.45) is -0.206. The van der Waals surface area contributed by atoms with Crippen molar-refractivity contribution in [1.82, 2.24) is 5.06 Å². The third-order valence-electron chi connectivity index (χ3n) is 3.55. The molecule has 114 valence electrons. The van der Waals surface area contributed by atoms with Gasteiger partial charge in [0.25, 0.3) is 5.91 Å². The van der Waals surface area contributed by atoms with E-state index in [9.17, 15) is 9.59 Å². The van der Waals surface area contributed by atoms with E-state index in [1.807, 2.05) is 39.8 Å². The first-order valence-electron chi connectivity index (χ1n) is 7.05. The molecule has 0 saturated carbocycles. The maximum absolute atomic E-state index is 12.7. The van der Waals surface area contributed by atoms with Crippen molar-refractivity contribution in [2.45, 2.75) is 53.4 Å². The summed E-state index contributed by atoms with van der Waals surface area (Å²) >= 11 is 0. The molecule has 1 fully saturated rings. The molecule has 1 amide bonds. The van der Waals surface area contributed by atoms with Crippen LogP contribution in [0.5, 0.6) is 0 Å². The maximum atomic E-state index is 12.7. The molecule has 1 aromatic rings. The lowest BCUT2D eigenvalue weighted by molar-refractivity contribution is -0.214. The van der Waals surface area contributed by atoms with Crippen LogP contribution in [0, 0.1) is 20.8 Å². The number of hydrogen-bond donors (Lipinski definition) is 0. The number of carbonyl (C=O) groups excluding carboxylic acids is 2. The molecule has 21 heavy (non-hydrogen) atoms. The van der Waals surface area contributed by atoms with Gasteiger partial charge >= 0.3 is 5.97 Å². The second kappa shape index (κ2) is 5.85. The maximum Gasteiger partial charge on any atom is 0.305 e. The Morgan fingerprint density at radius 3 is 2.33 bits per heavy atom. The summed E-state index contributed by atoms with van der Waals surface area (Å²) in [6.45, 7) is 9.03. The highest BCUT2D eigenvalue weighted by Gasteiger charge is 2.37. The average molecular weight is 291 g/mol. The van der Waals surface area contributed by atoms with E-state index in [0.717, 1.165) is 16.7 Å². The summed E-state index contributed by atoms with van der Waals surface area (Å²) in [5, 5.41) is 1.32. The highest BCUT2D eigenvalue weighted by atomic mass is 16.8. The van der Waals surface area contributed by atoms with Gasteiger partial charge in [0.05, 0.1) is 6.04 Å². The summed E-state index contributed by atoms with van der Waals surface area (Å²) < 4.78 is 5.02. The Balaban J connectivity index is 2.23. The van der Waals surface area contributed by atoms with Crippen molar-refractivity contribution in [2.75, 3.05) is 0 Å². The molecule has 0 aliphatic carbocycles. The van der Waals surface area contributed by atoms with Crippen LogP contribution in [0.4, 0.5) is 0 Å². The van der Waals surface area contributed by atoms with Crippen molar-refractivity contribution in [3.63, 3.8) is 0 Å². The van der Waals surface area contributed by atoms with Crippen LogP contribution in [0.3, 0.4) is 0 Å². The van der Waals surface area contributed by atoms with Gasteiger partial charge in [-0.1, -0.05) is 17.7 Å². The molecule has 0 bridgehead atoms. The minimum absolute atomic E-state index is 0.137. The third-order valence-corrected chi connectivity index (χ3v) is 3.55. The normalized spacial score (nSPS) is 21.5. The van der Waals surface area contributed by atoms with Crippen LogP contribution in [0.1, 0.15) is 47.3 Å². The molecule has 0 N–H and O–H groups in total. The van der Waals surface area contributed by atoms with Gasteiger partial charge in [-0.05, 0) is 38.8 Å². The lowest BCUT2D eigenvalue weighted by Gasteiger charge is -2.21. The molecular formula is C16H21NO4. The van der Waals surface area contributed by atoms with Gasteiger partial charge in [-0.3, -0.25) is 9.59 Å². The SMILES string of the molecule is CC(=O)O[C@@H]1C[C@@H](C)N(C(=O)c2c(C)cc(C)cc2C)O1. The number of rotatable bonds is 2. The molecule has 0 unspecified atom stereocenters. The zero-order chi connectivity index (χ0) is 15.7. The number of hydroxylamine groups is 2. The van der Waals surface area contributed by atoms with E-state index in [1.165, 1.54) is 12.0 Å². The van der Waals surface area contributed by atoms with Gasteiger partial charge in [-0.2, -0.15) is 0 Å². The molecule has 5 heteroatoms. The Bertz CT molecular complexity index is 559. The molecule has 1 heterocycles. The summed E-state index contributed by atoms with van der Waals surface area (Å²) in [4.78, 5) is 29.2. The van der Waals surface area contributed by atoms with Gasteiger partial charge < -0.3 is 4.74 Å². The second-order valence-corrected chi connectivity index (χ2v) is 5.63. The first kappa shape index (κ1) is 15.5. The number of esters is 1. The standard InChI is InChI=1S/C16H21NO4/c1-9-6-10(2)15(11(3)7-9)16(19)17-12(4)8-14(21-17)20-13(5)18/h6-7,12,14H,8H2,1-5H3/t12-,14+/m1/s1. The minimum Gasteiger partial charge on any atom is -0.434 e. The zero-order valence-corrected chi connectivity index (χ0v) is 13.1. The van der Waals surface area contributed by atoms with Crippen LogP contribution in [0.15, 0.2) is 12.1 Å². The predicted octanol–water partition coefficient (Wildman–Crippen LogP) is 2.67. The lowest BCUT2D eigenvalue weighted by atomic mass is 9.99. The van der Waals surface area contributed by atoms with Crippen LogP contribution in [-0.4, -0.2) is 29.3 Å². The van der Waals surface area contributed by atoms with E-state index >= 15 is 0 Å². The first-order valence-corrected chi connectivity index (χ1v) is 7.05. The van der Waals surface area contributed by atoms with Gasteiger partial charge in [-0.25, -0.2) is 9.90 Å². The summed E-state index contributed by atoms with van der Waals surface area (Å²) in [5.74, 6) is -0.601. The van der Waals surface area contributed by atoms with E-state index in [0.29, 0.717) is 12.0 Å². The van der Waals surface area contributed by atoms with E-state index < -0.39 is 12.3 Å². The van der Waals surface area contributed by atoms with Crippen molar-refractivity contribution < 1.29 is 19.2 Å². The second-order valence-electron chi connectivity index (χ2n) is 5.63. The number of nitrogens with zero attached hydrogens (tertiary/aromatic N) is 1. The number of amides is 1. The Morgan fingerprint density at radius 2 is 1.81 bits per heavy atom. The fourth-order valence-electron chi connectivity index (χ4n) is 2.78. The summed E-state index contributed by atoms with van der Waals surface area (Å²) in [7, 11) is 0. The van der Waals surface area contributed by atoms with Crippen LogP contribution in [-0.2, 0) is 14.4 Å². The molecule has 5 nitrogen and oxygen atoms in total. The highest BCUT2D eigenvalue weighted by Crippen LogP contribution is 2.26. The van der Waals surface area contributed by atoms with Gasteiger partial charge in [0.2, 0.25) is 6.29 Å². The summed E-state index contributed by atoms with van der Waals surface area (Å²) in [5.41, 5.74) is 3.61. The highest BCUT2D eigenvalue weighted by molar-refractivity contribution is 5.96. The third kappa shape index (κ3) is 3.24. The quantitative estimate of drug-likeness (QED) is 0.786. The molecule has 1 aromatic carbocycles. The number of carbonyl (C=O) groups is 2. The van der Waals surface area contributed by atoms with Gasteiger partial charge in [0.15, 0.2) is 0 Å². The van der Waals surface area contributed by atoms with Gasteiger partial charge in [-0.15, -0.1) is 0 Å². The topological polar surface area (TPSA) is 55.8 Å². The molecule has 1 saturated heterocycles. The minimum atomic E-state index is -0.687. The fraction of sp³-hybridized carbons (Fsp3) is 0.500. The van der Waals surface area contributed by atoms with E-state index in [4.69, 9.17) is 9.57 Å². The first-order chi connectivity index (χ1) is 9.79. The largest absolute Gasteiger partial charge is 0.434 e. The number of hydrogen-bond acceptors (Lipinski definition) is 4. The molecule has 1 aliphatic rings. The van der Waals surface area contributed by atoms with Crippen molar-refractivity contribution >= 4 is 11.9 Å². The van der Waals surface area contributed by atoms with Gasteiger partial charge in [0.1, 0.15) is 0 Å². The molecule has 0 spiro atoms. The predicted molar refractivity (Wildman–Crippen MR) is 77.5 cm³/mol. The average Bonchev–Trinajstić information content (AvgIpc) is 2.67. The Labute approximate surface area is 124 Å². The van der Waals surface area contributed by atoms with Crippen molar-refractivity contribution in [3.8, 4) is 0 Å². The van der Waals surface area contributed by atoms with Crippen LogP contribution < -0.4 is 0 Å². The van der Waals surface area contributed by atoms with Gasteiger partial charge in [0, 0.05) is 18.9 Å². The smallest absolute Gasteiger partial charge is 0.305 e. The summed E-state index contributed by atoms with van der Waals surface area (Å²) in [6, 6.07) is 3.82. The van der Waals surface area contributed by atoms with Crippen molar-refractivity contribution in [2.24, 2.45) is 0 Å². The molecule has 2 atom stereocenters. The zero-order valence-electron chi connectivity index (χ0n) is 13.1. The van der Waals surface area contributed by atoms with Crippen LogP contribution in [0.25, 0.3) is 0 Å². The number of ether oxygens (including phenoxy) is 1. The molecule has 2 rings (SSSR count). The molecular weight excluding hydrogens is 270 g/mol. The van der Waals surface area contributed by atoms with Crippen molar-refractivity contribution in [1.29, 1.82) is 0 Å². The number of benzene rings is 1. The molecule has 0 aromatic heterocycles.